The predicted molar refractivity (Wildman–Crippen MR) is 118 cm³/mol. The number of ether oxygens (including phenoxy) is 3. The number of hydrogen-bond donors (Lipinski definition) is 0. The Bertz CT molecular complexity index is 1270. The van der Waals surface area contributed by atoms with Gasteiger partial charge in [0.25, 0.3) is 0 Å². The smallest absolute Gasteiger partial charge is 0.343 e. The number of Topliss-reactive ketones (excluding diaryl/α,β-unsaturated/α-hetero) is 1. The molecule has 0 bridgehead atoms. The van der Waals surface area contributed by atoms with Crippen molar-refractivity contribution in [2.45, 2.75) is 13.8 Å². The van der Waals surface area contributed by atoms with Gasteiger partial charge in [-0.1, -0.05) is 29.8 Å². The maximum Gasteiger partial charge on any atom is 0.343 e. The van der Waals surface area contributed by atoms with E-state index in [0.717, 1.165) is 5.56 Å². The van der Waals surface area contributed by atoms with Gasteiger partial charge >= 0.3 is 11.9 Å². The molecule has 6 heteroatoms. The summed E-state index contributed by atoms with van der Waals surface area (Å²) >= 11 is 0. The number of allylic oxidation sites excluding steroid dienone is 1. The van der Waals surface area contributed by atoms with Gasteiger partial charge in [-0.25, -0.2) is 9.59 Å². The number of ketones is 1. The van der Waals surface area contributed by atoms with Crippen LogP contribution in [0.15, 0.2) is 66.4 Å². The van der Waals surface area contributed by atoms with Crippen LogP contribution in [0.4, 0.5) is 0 Å². The lowest BCUT2D eigenvalue weighted by atomic mass is 10.1. The molecule has 3 aromatic carbocycles. The molecule has 0 fully saturated rings. The second-order valence-electron chi connectivity index (χ2n) is 7.38. The number of esters is 2. The number of benzene rings is 3. The van der Waals surface area contributed by atoms with Gasteiger partial charge in [0.05, 0.1) is 23.8 Å². The Balaban J connectivity index is 1.57. The fourth-order valence-electron chi connectivity index (χ4n) is 3.39. The van der Waals surface area contributed by atoms with Crippen molar-refractivity contribution < 1.29 is 28.6 Å². The molecule has 1 aliphatic rings. The minimum absolute atomic E-state index is 0.149. The van der Waals surface area contributed by atoms with Crippen molar-refractivity contribution in [1.29, 1.82) is 0 Å². The Morgan fingerprint density at radius 2 is 1.66 bits per heavy atom. The molecule has 0 unspecified atom stereocenters. The normalized spacial score (nSPS) is 13.5. The van der Waals surface area contributed by atoms with E-state index in [9.17, 15) is 14.4 Å². The molecule has 1 heterocycles. The molecule has 32 heavy (non-hydrogen) atoms. The lowest BCUT2D eigenvalue weighted by Gasteiger charge is -2.10. The molecule has 0 radical (unpaired) electrons. The van der Waals surface area contributed by atoms with Crippen LogP contribution in [0.25, 0.3) is 6.08 Å². The van der Waals surface area contributed by atoms with E-state index in [1.165, 1.54) is 7.11 Å². The summed E-state index contributed by atoms with van der Waals surface area (Å²) in [7, 11) is 1.31. The first-order chi connectivity index (χ1) is 15.4. The summed E-state index contributed by atoms with van der Waals surface area (Å²) in [6.45, 7) is 3.63. The van der Waals surface area contributed by atoms with Crippen LogP contribution in [-0.2, 0) is 4.74 Å². The molecule has 0 spiro atoms. The second-order valence-corrected chi connectivity index (χ2v) is 7.38. The molecule has 6 nitrogen and oxygen atoms in total. The molecule has 0 amide bonds. The first kappa shape index (κ1) is 21.1. The fourth-order valence-corrected chi connectivity index (χ4v) is 3.39. The third-order valence-electron chi connectivity index (χ3n) is 5.12. The molecule has 0 saturated heterocycles. The Labute approximate surface area is 185 Å². The SMILES string of the molecule is COC(=O)c1ccc(/C=C2\Oc3c(ccc(OC(=O)c4cccc(C)c4)c3C)C2=O)cc1. The predicted octanol–water partition coefficient (Wildman–Crippen LogP) is 4.93. The van der Waals surface area contributed by atoms with Crippen molar-refractivity contribution in [2.24, 2.45) is 0 Å². The molecule has 0 aliphatic carbocycles. The van der Waals surface area contributed by atoms with E-state index in [-0.39, 0.29) is 11.5 Å². The van der Waals surface area contributed by atoms with E-state index >= 15 is 0 Å². The highest BCUT2D eigenvalue weighted by molar-refractivity contribution is 6.15. The Hall–Kier alpha value is -4.19. The maximum absolute atomic E-state index is 12.8. The minimum Gasteiger partial charge on any atom is -0.465 e. The molecule has 3 aromatic rings. The quantitative estimate of drug-likeness (QED) is 0.333. The van der Waals surface area contributed by atoms with E-state index in [1.807, 2.05) is 13.0 Å². The van der Waals surface area contributed by atoms with Crippen molar-refractivity contribution in [1.82, 2.24) is 0 Å². The van der Waals surface area contributed by atoms with Crippen molar-refractivity contribution in [3.8, 4) is 11.5 Å². The molecule has 1 aliphatic heterocycles. The summed E-state index contributed by atoms with van der Waals surface area (Å²) in [6, 6.07) is 16.9. The average Bonchev–Trinajstić information content (AvgIpc) is 3.11. The standard InChI is InChI=1S/C26H20O6/c1-15-5-4-6-19(13-15)26(29)32-21-12-11-20-23(27)22(31-24(20)16(21)2)14-17-7-9-18(10-8-17)25(28)30-3/h4-14H,1-3H3/b22-14-. The summed E-state index contributed by atoms with van der Waals surface area (Å²) in [5.41, 5.74) is 3.45. The van der Waals surface area contributed by atoms with Gasteiger partial charge in [-0.2, -0.15) is 0 Å². The molecule has 0 atom stereocenters. The number of carbonyl (C=O) groups excluding carboxylic acids is 3. The summed E-state index contributed by atoms with van der Waals surface area (Å²) < 4.78 is 16.1. The first-order valence-corrected chi connectivity index (χ1v) is 9.92. The van der Waals surface area contributed by atoms with E-state index in [1.54, 1.807) is 67.6 Å². The van der Waals surface area contributed by atoms with E-state index < -0.39 is 11.9 Å². The highest BCUT2D eigenvalue weighted by Crippen LogP contribution is 2.39. The number of hydrogen-bond acceptors (Lipinski definition) is 6. The van der Waals surface area contributed by atoms with Crippen molar-refractivity contribution in [3.05, 3.63) is 99.8 Å². The number of carbonyl (C=O) groups is 3. The number of aryl methyl sites for hydroxylation is 1. The molecule has 0 aromatic heterocycles. The number of fused-ring (bicyclic) bond motifs is 1. The third kappa shape index (κ3) is 4.03. The van der Waals surface area contributed by atoms with E-state index in [4.69, 9.17) is 9.47 Å². The van der Waals surface area contributed by atoms with Gasteiger partial charge in [0, 0.05) is 5.56 Å². The van der Waals surface area contributed by atoms with Crippen molar-refractivity contribution in [2.75, 3.05) is 7.11 Å². The molecule has 160 valence electrons. The molecule has 0 N–H and O–H groups in total. The summed E-state index contributed by atoms with van der Waals surface area (Å²) in [6.07, 6.45) is 1.60. The lowest BCUT2D eigenvalue weighted by Crippen LogP contribution is -2.09. The minimum atomic E-state index is -0.484. The van der Waals surface area contributed by atoms with Crippen LogP contribution in [0.5, 0.6) is 11.5 Å². The van der Waals surface area contributed by atoms with Gasteiger partial charge < -0.3 is 14.2 Å². The lowest BCUT2D eigenvalue weighted by molar-refractivity contribution is 0.0600. The number of methoxy groups -OCH3 is 1. The topological polar surface area (TPSA) is 78.9 Å². The van der Waals surface area contributed by atoms with Crippen LogP contribution in [0.1, 0.15) is 47.8 Å². The maximum atomic E-state index is 12.8. The van der Waals surface area contributed by atoms with E-state index in [0.29, 0.717) is 39.3 Å². The zero-order valence-electron chi connectivity index (χ0n) is 17.8. The van der Waals surface area contributed by atoms with Gasteiger partial charge in [-0.3, -0.25) is 4.79 Å². The van der Waals surface area contributed by atoms with Crippen molar-refractivity contribution in [3.63, 3.8) is 0 Å². The van der Waals surface area contributed by atoms with Gasteiger partial charge in [0.1, 0.15) is 11.5 Å². The average molecular weight is 428 g/mol. The van der Waals surface area contributed by atoms with Gasteiger partial charge in [-0.05, 0) is 61.9 Å². The summed E-state index contributed by atoms with van der Waals surface area (Å²) in [5.74, 6) is -0.350. The highest BCUT2D eigenvalue weighted by atomic mass is 16.5. The Morgan fingerprint density at radius 1 is 0.906 bits per heavy atom. The largest absolute Gasteiger partial charge is 0.465 e. The zero-order chi connectivity index (χ0) is 22.8. The first-order valence-electron chi connectivity index (χ1n) is 9.92. The molecular formula is C26H20O6. The molecular weight excluding hydrogens is 408 g/mol. The van der Waals surface area contributed by atoms with Gasteiger partial charge in [-0.15, -0.1) is 0 Å². The van der Waals surface area contributed by atoms with Crippen LogP contribution in [0, 0.1) is 13.8 Å². The molecule has 0 saturated carbocycles. The Kier molecular flexibility index (Phi) is 5.60. The summed E-state index contributed by atoms with van der Waals surface area (Å²) in [4.78, 5) is 36.9. The number of rotatable bonds is 4. The monoisotopic (exact) mass is 428 g/mol. The van der Waals surface area contributed by atoms with Crippen LogP contribution < -0.4 is 9.47 Å². The molecule has 4 rings (SSSR count). The highest BCUT2D eigenvalue weighted by Gasteiger charge is 2.30. The van der Waals surface area contributed by atoms with Crippen LogP contribution in [0.3, 0.4) is 0 Å². The fraction of sp³-hybridized carbons (Fsp3) is 0.115. The Morgan fingerprint density at radius 3 is 2.34 bits per heavy atom. The van der Waals surface area contributed by atoms with Crippen molar-refractivity contribution >= 4 is 23.8 Å². The third-order valence-corrected chi connectivity index (χ3v) is 5.12. The summed E-state index contributed by atoms with van der Waals surface area (Å²) in [5, 5.41) is 0. The zero-order valence-corrected chi connectivity index (χ0v) is 17.8. The van der Waals surface area contributed by atoms with E-state index in [2.05, 4.69) is 4.74 Å². The van der Waals surface area contributed by atoms with Crippen LogP contribution >= 0.6 is 0 Å². The van der Waals surface area contributed by atoms with Crippen LogP contribution in [0.2, 0.25) is 0 Å². The second kappa shape index (κ2) is 8.51. The van der Waals surface area contributed by atoms with Crippen LogP contribution in [-0.4, -0.2) is 24.8 Å². The van der Waals surface area contributed by atoms with Gasteiger partial charge in [0.15, 0.2) is 5.76 Å². The van der Waals surface area contributed by atoms with Gasteiger partial charge in [0.2, 0.25) is 5.78 Å².